The molecule has 0 radical (unpaired) electrons. The quantitative estimate of drug-likeness (QED) is 0.209. The Labute approximate surface area is 155 Å². The van der Waals surface area contributed by atoms with Crippen molar-refractivity contribution < 1.29 is 14.6 Å². The summed E-state index contributed by atoms with van der Waals surface area (Å²) in [7, 11) is 0. The van der Waals surface area contributed by atoms with Crippen molar-refractivity contribution in [2.45, 2.75) is 103 Å². The number of nitrogens with two attached hydrogens (primary N) is 1. The van der Waals surface area contributed by atoms with E-state index in [0.29, 0.717) is 6.42 Å². The fraction of sp³-hybridized carbons (Fsp3) is 0.857. The molecule has 0 fully saturated rings. The summed E-state index contributed by atoms with van der Waals surface area (Å²) in [6, 6.07) is 0. The maximum absolute atomic E-state index is 11.4. The van der Waals surface area contributed by atoms with Gasteiger partial charge in [0.1, 0.15) is 12.7 Å². The minimum Gasteiger partial charge on any atom is -0.463 e. The molecule has 0 amide bonds. The number of carbonyl (C=O) groups excluding carboxylic acids is 1. The zero-order valence-electron chi connectivity index (χ0n) is 16.4. The summed E-state index contributed by atoms with van der Waals surface area (Å²) in [4.78, 5) is 11.4. The second kappa shape index (κ2) is 19.5. The van der Waals surface area contributed by atoms with Gasteiger partial charge in [0, 0.05) is 13.0 Å². The van der Waals surface area contributed by atoms with E-state index in [-0.39, 0.29) is 19.1 Å². The van der Waals surface area contributed by atoms with E-state index in [0.717, 1.165) is 12.8 Å². The molecule has 0 saturated carbocycles. The Morgan fingerprint density at radius 2 is 1.44 bits per heavy atom. The number of hydrogen-bond acceptors (Lipinski definition) is 4. The van der Waals surface area contributed by atoms with Crippen LogP contribution >= 0.6 is 0 Å². The lowest BCUT2D eigenvalue weighted by Gasteiger charge is -2.08. The van der Waals surface area contributed by atoms with Crippen LogP contribution < -0.4 is 5.73 Å². The molecule has 148 valence electrons. The van der Waals surface area contributed by atoms with Crippen LogP contribution in [0.4, 0.5) is 0 Å². The van der Waals surface area contributed by atoms with Gasteiger partial charge in [-0.2, -0.15) is 0 Å². The van der Waals surface area contributed by atoms with Gasteiger partial charge in [-0.1, -0.05) is 70.4 Å². The SMILES string of the molecule is CCCCCCCC/C=C\CCCCCCCC(=O)OCC(O)CN. The maximum atomic E-state index is 11.4. The lowest BCUT2D eigenvalue weighted by molar-refractivity contribution is -0.146. The molecule has 0 aliphatic rings. The minimum atomic E-state index is -0.738. The van der Waals surface area contributed by atoms with Crippen LogP contribution in [0.1, 0.15) is 96.8 Å². The first-order valence-corrected chi connectivity index (χ1v) is 10.4. The number of hydrogen-bond donors (Lipinski definition) is 2. The van der Waals surface area contributed by atoms with Crippen LogP contribution in [0.5, 0.6) is 0 Å². The van der Waals surface area contributed by atoms with Crippen molar-refractivity contribution in [3.63, 3.8) is 0 Å². The van der Waals surface area contributed by atoms with Gasteiger partial charge in [-0.15, -0.1) is 0 Å². The highest BCUT2D eigenvalue weighted by Crippen LogP contribution is 2.10. The van der Waals surface area contributed by atoms with Crippen molar-refractivity contribution in [1.82, 2.24) is 0 Å². The van der Waals surface area contributed by atoms with Crippen molar-refractivity contribution in [2.75, 3.05) is 13.2 Å². The monoisotopic (exact) mass is 355 g/mol. The molecule has 25 heavy (non-hydrogen) atoms. The third-order valence-electron chi connectivity index (χ3n) is 4.35. The Morgan fingerprint density at radius 3 is 2.00 bits per heavy atom. The van der Waals surface area contributed by atoms with Crippen LogP contribution in [0.3, 0.4) is 0 Å². The third kappa shape index (κ3) is 19.3. The van der Waals surface area contributed by atoms with Crippen LogP contribution in [-0.4, -0.2) is 30.3 Å². The van der Waals surface area contributed by atoms with Crippen molar-refractivity contribution in [1.29, 1.82) is 0 Å². The van der Waals surface area contributed by atoms with Gasteiger partial charge in [0.25, 0.3) is 0 Å². The van der Waals surface area contributed by atoms with E-state index in [1.165, 1.54) is 70.6 Å². The summed E-state index contributed by atoms with van der Waals surface area (Å²) in [6.07, 6.45) is 20.5. The van der Waals surface area contributed by atoms with E-state index in [4.69, 9.17) is 10.5 Å². The number of aliphatic hydroxyl groups excluding tert-OH is 1. The topological polar surface area (TPSA) is 72.5 Å². The molecule has 0 aromatic carbocycles. The van der Waals surface area contributed by atoms with Gasteiger partial charge in [-0.3, -0.25) is 4.79 Å². The fourth-order valence-corrected chi connectivity index (χ4v) is 2.67. The van der Waals surface area contributed by atoms with E-state index < -0.39 is 6.10 Å². The molecule has 0 aromatic heterocycles. The molecule has 1 unspecified atom stereocenters. The average molecular weight is 356 g/mol. The standard InChI is InChI=1S/C21H41NO3/c1-2-3-4-5-6-7-8-9-10-11-12-13-14-15-16-17-21(24)25-19-20(23)18-22/h9-10,20,23H,2-8,11-19,22H2,1H3/b10-9-. The number of ether oxygens (including phenoxy) is 1. The van der Waals surface area contributed by atoms with E-state index in [9.17, 15) is 9.90 Å². The summed E-state index contributed by atoms with van der Waals surface area (Å²) in [6.45, 7) is 2.40. The van der Waals surface area contributed by atoms with Gasteiger partial charge in [-0.05, 0) is 32.1 Å². The molecular formula is C21H41NO3. The average Bonchev–Trinajstić information content (AvgIpc) is 2.62. The smallest absolute Gasteiger partial charge is 0.305 e. The zero-order chi connectivity index (χ0) is 18.6. The number of esters is 1. The van der Waals surface area contributed by atoms with Crippen LogP contribution in [0.15, 0.2) is 12.2 Å². The molecule has 0 heterocycles. The molecule has 0 aliphatic carbocycles. The van der Waals surface area contributed by atoms with Crippen molar-refractivity contribution in [3.8, 4) is 0 Å². The lowest BCUT2D eigenvalue weighted by Crippen LogP contribution is -2.26. The highest BCUT2D eigenvalue weighted by molar-refractivity contribution is 5.69. The molecule has 0 saturated heterocycles. The zero-order valence-corrected chi connectivity index (χ0v) is 16.4. The highest BCUT2D eigenvalue weighted by Gasteiger charge is 2.06. The van der Waals surface area contributed by atoms with Gasteiger partial charge < -0.3 is 15.6 Å². The molecule has 0 bridgehead atoms. The van der Waals surface area contributed by atoms with Crippen LogP contribution in [-0.2, 0) is 9.53 Å². The molecule has 0 rings (SSSR count). The van der Waals surface area contributed by atoms with E-state index >= 15 is 0 Å². The molecule has 1 atom stereocenters. The predicted octanol–water partition coefficient (Wildman–Crippen LogP) is 4.89. The first kappa shape index (κ1) is 24.1. The summed E-state index contributed by atoms with van der Waals surface area (Å²) in [5.41, 5.74) is 5.25. The summed E-state index contributed by atoms with van der Waals surface area (Å²) in [5.74, 6) is -0.231. The number of carbonyl (C=O) groups is 1. The number of rotatable bonds is 18. The fourth-order valence-electron chi connectivity index (χ4n) is 2.67. The maximum Gasteiger partial charge on any atom is 0.305 e. The predicted molar refractivity (Wildman–Crippen MR) is 105 cm³/mol. The normalized spacial score (nSPS) is 12.6. The van der Waals surface area contributed by atoms with E-state index in [1.807, 2.05) is 0 Å². The summed E-state index contributed by atoms with van der Waals surface area (Å²) in [5, 5.41) is 9.20. The van der Waals surface area contributed by atoms with Gasteiger partial charge in [0.2, 0.25) is 0 Å². The number of unbranched alkanes of at least 4 members (excludes halogenated alkanes) is 11. The van der Waals surface area contributed by atoms with Gasteiger partial charge in [0.15, 0.2) is 0 Å². The van der Waals surface area contributed by atoms with Crippen LogP contribution in [0.2, 0.25) is 0 Å². The Kier molecular flexibility index (Phi) is 18.8. The first-order valence-electron chi connectivity index (χ1n) is 10.4. The molecule has 4 heteroatoms. The first-order chi connectivity index (χ1) is 12.2. The second-order valence-electron chi connectivity index (χ2n) is 6.91. The number of aliphatic hydroxyl groups is 1. The van der Waals surface area contributed by atoms with E-state index in [1.54, 1.807) is 0 Å². The van der Waals surface area contributed by atoms with Gasteiger partial charge in [-0.25, -0.2) is 0 Å². The van der Waals surface area contributed by atoms with Crippen molar-refractivity contribution in [3.05, 3.63) is 12.2 Å². The Balaban J connectivity index is 3.22. The van der Waals surface area contributed by atoms with Crippen LogP contribution in [0, 0.1) is 0 Å². The van der Waals surface area contributed by atoms with E-state index in [2.05, 4.69) is 19.1 Å². The molecule has 0 aliphatic heterocycles. The van der Waals surface area contributed by atoms with Gasteiger partial charge >= 0.3 is 5.97 Å². The number of allylic oxidation sites excluding steroid dienone is 2. The Hall–Kier alpha value is -0.870. The van der Waals surface area contributed by atoms with Crippen molar-refractivity contribution >= 4 is 5.97 Å². The summed E-state index contributed by atoms with van der Waals surface area (Å²) >= 11 is 0. The second-order valence-corrected chi connectivity index (χ2v) is 6.91. The molecule has 3 N–H and O–H groups in total. The molecule has 0 spiro atoms. The molecule has 0 aromatic rings. The largest absolute Gasteiger partial charge is 0.463 e. The van der Waals surface area contributed by atoms with Crippen molar-refractivity contribution in [2.24, 2.45) is 5.73 Å². The molecular weight excluding hydrogens is 314 g/mol. The highest BCUT2D eigenvalue weighted by atomic mass is 16.5. The lowest BCUT2D eigenvalue weighted by atomic mass is 10.1. The van der Waals surface area contributed by atoms with Gasteiger partial charge in [0.05, 0.1) is 0 Å². The Morgan fingerprint density at radius 1 is 0.920 bits per heavy atom. The third-order valence-corrected chi connectivity index (χ3v) is 4.35. The molecule has 4 nitrogen and oxygen atoms in total. The Bertz CT molecular complexity index is 318. The summed E-state index contributed by atoms with van der Waals surface area (Å²) < 4.78 is 4.94. The van der Waals surface area contributed by atoms with Crippen LogP contribution in [0.25, 0.3) is 0 Å². The minimum absolute atomic E-state index is 0.0143.